The Hall–Kier alpha value is -1.69. The second-order valence-electron chi connectivity index (χ2n) is 3.51. The van der Waals surface area contributed by atoms with Crippen LogP contribution in [0, 0.1) is 0 Å². The number of rotatable bonds is 5. The number of nitrogens with zero attached hydrogens (tertiary/aromatic N) is 2. The second kappa shape index (κ2) is 5.77. The van der Waals surface area contributed by atoms with E-state index in [1.807, 2.05) is 18.4 Å². The molecule has 0 saturated heterocycles. The Labute approximate surface area is 109 Å². The maximum atomic E-state index is 5.30. The number of hydrogen-bond acceptors (Lipinski definition) is 6. The molecule has 2 rings (SSSR count). The predicted octanol–water partition coefficient (Wildman–Crippen LogP) is 2.62. The van der Waals surface area contributed by atoms with Crippen molar-refractivity contribution in [2.45, 2.75) is 5.75 Å². The standard InChI is InChI=1S/C12H14N2O3S/c1-15-8-4-5-9(10(6-8)16-2)12-13-11(7-18-3)17-14-12/h4-6H,7H2,1-3H3. The minimum absolute atomic E-state index is 0.526. The largest absolute Gasteiger partial charge is 0.497 e. The van der Waals surface area contributed by atoms with Gasteiger partial charge >= 0.3 is 0 Å². The molecule has 0 fully saturated rings. The van der Waals surface area contributed by atoms with Crippen molar-refractivity contribution >= 4 is 11.8 Å². The smallest absolute Gasteiger partial charge is 0.236 e. The molecule has 18 heavy (non-hydrogen) atoms. The van der Waals surface area contributed by atoms with Gasteiger partial charge in [0.15, 0.2) is 0 Å². The van der Waals surface area contributed by atoms with Gasteiger partial charge in [-0.2, -0.15) is 16.7 Å². The summed E-state index contributed by atoms with van der Waals surface area (Å²) in [5.41, 5.74) is 0.786. The Kier molecular flexibility index (Phi) is 4.09. The lowest BCUT2D eigenvalue weighted by atomic mass is 10.2. The zero-order valence-corrected chi connectivity index (χ0v) is 11.3. The molecular weight excluding hydrogens is 252 g/mol. The molecule has 0 aliphatic carbocycles. The fourth-order valence-corrected chi connectivity index (χ4v) is 1.89. The second-order valence-corrected chi connectivity index (χ2v) is 4.38. The van der Waals surface area contributed by atoms with Crippen LogP contribution in [0.15, 0.2) is 22.7 Å². The average molecular weight is 266 g/mol. The zero-order chi connectivity index (χ0) is 13.0. The number of aromatic nitrogens is 2. The maximum absolute atomic E-state index is 5.30. The third-order valence-corrected chi connectivity index (χ3v) is 2.92. The van der Waals surface area contributed by atoms with E-state index < -0.39 is 0 Å². The van der Waals surface area contributed by atoms with Crippen LogP contribution in [0.5, 0.6) is 11.5 Å². The molecule has 0 aliphatic rings. The van der Waals surface area contributed by atoms with E-state index in [0.717, 1.165) is 11.3 Å². The number of ether oxygens (including phenoxy) is 2. The predicted molar refractivity (Wildman–Crippen MR) is 70.1 cm³/mol. The SMILES string of the molecule is COc1ccc(-c2noc(CSC)n2)c(OC)c1. The highest BCUT2D eigenvalue weighted by Crippen LogP contribution is 2.31. The van der Waals surface area contributed by atoms with Crippen LogP contribution in [0.1, 0.15) is 5.89 Å². The van der Waals surface area contributed by atoms with Gasteiger partial charge in [-0.3, -0.25) is 0 Å². The van der Waals surface area contributed by atoms with Crippen LogP contribution in [0.3, 0.4) is 0 Å². The number of hydrogen-bond donors (Lipinski definition) is 0. The summed E-state index contributed by atoms with van der Waals surface area (Å²) in [6, 6.07) is 5.48. The monoisotopic (exact) mass is 266 g/mol. The first-order valence-corrected chi connectivity index (χ1v) is 6.71. The summed E-state index contributed by atoms with van der Waals surface area (Å²) < 4.78 is 15.6. The molecule has 0 bridgehead atoms. The molecule has 0 radical (unpaired) electrons. The first-order chi connectivity index (χ1) is 8.78. The first kappa shape index (κ1) is 12.8. The van der Waals surface area contributed by atoms with E-state index in [1.54, 1.807) is 32.0 Å². The molecule has 96 valence electrons. The molecule has 6 heteroatoms. The summed E-state index contributed by atoms with van der Waals surface area (Å²) in [4.78, 5) is 4.31. The van der Waals surface area contributed by atoms with E-state index >= 15 is 0 Å². The Morgan fingerprint density at radius 1 is 1.28 bits per heavy atom. The third-order valence-electron chi connectivity index (χ3n) is 2.39. The van der Waals surface area contributed by atoms with E-state index in [4.69, 9.17) is 14.0 Å². The molecule has 1 aromatic carbocycles. The maximum Gasteiger partial charge on any atom is 0.236 e. The molecule has 0 saturated carbocycles. The van der Waals surface area contributed by atoms with Crippen molar-refractivity contribution in [3.8, 4) is 22.9 Å². The van der Waals surface area contributed by atoms with Gasteiger partial charge in [-0.05, 0) is 18.4 Å². The van der Waals surface area contributed by atoms with Crippen molar-refractivity contribution in [2.24, 2.45) is 0 Å². The Morgan fingerprint density at radius 2 is 2.11 bits per heavy atom. The molecule has 5 nitrogen and oxygen atoms in total. The van der Waals surface area contributed by atoms with Crippen LogP contribution in [-0.2, 0) is 5.75 Å². The highest BCUT2D eigenvalue weighted by Gasteiger charge is 2.13. The van der Waals surface area contributed by atoms with Gasteiger partial charge < -0.3 is 14.0 Å². The lowest BCUT2D eigenvalue weighted by molar-refractivity contribution is 0.388. The van der Waals surface area contributed by atoms with E-state index in [9.17, 15) is 0 Å². The third kappa shape index (κ3) is 2.59. The summed E-state index contributed by atoms with van der Waals surface area (Å²) in [6.07, 6.45) is 1.98. The first-order valence-electron chi connectivity index (χ1n) is 5.32. The molecular formula is C12H14N2O3S. The number of methoxy groups -OCH3 is 2. The topological polar surface area (TPSA) is 57.4 Å². The molecule has 2 aromatic rings. The van der Waals surface area contributed by atoms with Crippen LogP contribution < -0.4 is 9.47 Å². The fraction of sp³-hybridized carbons (Fsp3) is 0.333. The van der Waals surface area contributed by atoms with Crippen molar-refractivity contribution < 1.29 is 14.0 Å². The molecule has 0 unspecified atom stereocenters. The fourth-order valence-electron chi connectivity index (χ4n) is 1.53. The van der Waals surface area contributed by atoms with Gasteiger partial charge in [-0.15, -0.1) is 0 Å². The lowest BCUT2D eigenvalue weighted by Gasteiger charge is -2.07. The van der Waals surface area contributed by atoms with E-state index in [-0.39, 0.29) is 0 Å². The summed E-state index contributed by atoms with van der Waals surface area (Å²) in [5, 5.41) is 3.95. The van der Waals surface area contributed by atoms with Crippen molar-refractivity contribution in [3.05, 3.63) is 24.1 Å². The quantitative estimate of drug-likeness (QED) is 0.829. The normalized spacial score (nSPS) is 10.4. The Bertz CT molecular complexity index is 528. The minimum Gasteiger partial charge on any atom is -0.497 e. The highest BCUT2D eigenvalue weighted by atomic mass is 32.2. The van der Waals surface area contributed by atoms with Crippen molar-refractivity contribution in [1.82, 2.24) is 10.1 Å². The van der Waals surface area contributed by atoms with E-state index in [2.05, 4.69) is 10.1 Å². The molecule has 0 amide bonds. The molecule has 0 aliphatic heterocycles. The minimum atomic E-state index is 0.526. The van der Waals surface area contributed by atoms with Crippen molar-refractivity contribution in [1.29, 1.82) is 0 Å². The van der Waals surface area contributed by atoms with Crippen LogP contribution in [-0.4, -0.2) is 30.6 Å². The highest BCUT2D eigenvalue weighted by molar-refractivity contribution is 7.97. The molecule has 0 atom stereocenters. The molecule has 1 heterocycles. The van der Waals surface area contributed by atoms with E-state index in [0.29, 0.717) is 23.2 Å². The van der Waals surface area contributed by atoms with Gasteiger partial charge in [-0.1, -0.05) is 5.16 Å². The number of benzene rings is 1. The van der Waals surface area contributed by atoms with Crippen LogP contribution in [0.25, 0.3) is 11.4 Å². The molecule has 0 N–H and O–H groups in total. The average Bonchev–Trinajstić information content (AvgIpc) is 2.87. The lowest BCUT2D eigenvalue weighted by Crippen LogP contribution is -1.91. The van der Waals surface area contributed by atoms with Gasteiger partial charge in [0.1, 0.15) is 11.5 Å². The van der Waals surface area contributed by atoms with Crippen LogP contribution in [0.2, 0.25) is 0 Å². The van der Waals surface area contributed by atoms with Gasteiger partial charge in [0, 0.05) is 6.07 Å². The van der Waals surface area contributed by atoms with Crippen LogP contribution in [0.4, 0.5) is 0 Å². The number of thioether (sulfide) groups is 1. The van der Waals surface area contributed by atoms with Gasteiger partial charge in [-0.25, -0.2) is 0 Å². The van der Waals surface area contributed by atoms with Gasteiger partial charge in [0.2, 0.25) is 11.7 Å². The summed E-state index contributed by atoms with van der Waals surface area (Å²) >= 11 is 1.63. The van der Waals surface area contributed by atoms with Gasteiger partial charge in [0.25, 0.3) is 0 Å². The summed E-state index contributed by atoms with van der Waals surface area (Å²) in [6.45, 7) is 0. The van der Waals surface area contributed by atoms with E-state index in [1.165, 1.54) is 0 Å². The summed E-state index contributed by atoms with van der Waals surface area (Å²) in [5.74, 6) is 3.22. The van der Waals surface area contributed by atoms with Crippen molar-refractivity contribution in [3.63, 3.8) is 0 Å². The Balaban J connectivity index is 2.36. The Morgan fingerprint density at radius 3 is 2.78 bits per heavy atom. The van der Waals surface area contributed by atoms with Crippen molar-refractivity contribution in [2.75, 3.05) is 20.5 Å². The summed E-state index contributed by atoms with van der Waals surface area (Å²) in [7, 11) is 3.21. The van der Waals surface area contributed by atoms with Gasteiger partial charge in [0.05, 0.1) is 25.5 Å². The molecule has 1 aromatic heterocycles. The zero-order valence-electron chi connectivity index (χ0n) is 10.5. The van der Waals surface area contributed by atoms with Crippen LogP contribution >= 0.6 is 11.8 Å². The molecule has 0 spiro atoms.